The third-order valence-electron chi connectivity index (χ3n) is 3.46. The lowest BCUT2D eigenvalue weighted by atomic mass is 10.1. The Labute approximate surface area is 130 Å². The molecular formula is C15H13N5O3. The molecule has 3 rings (SSSR count). The van der Waals surface area contributed by atoms with Crippen molar-refractivity contribution in [3.63, 3.8) is 0 Å². The van der Waals surface area contributed by atoms with Crippen LogP contribution in [0.5, 0.6) is 0 Å². The van der Waals surface area contributed by atoms with Gasteiger partial charge in [-0.15, -0.1) is 0 Å². The number of carbonyl (C=O) groups excluding carboxylic acids is 1. The van der Waals surface area contributed by atoms with Crippen molar-refractivity contribution in [3.8, 4) is 0 Å². The number of rotatable bonds is 3. The smallest absolute Gasteiger partial charge is 0.339 e. The molecule has 0 spiro atoms. The van der Waals surface area contributed by atoms with Crippen LogP contribution < -0.4 is 11.3 Å². The van der Waals surface area contributed by atoms with Crippen LogP contribution in [0.3, 0.4) is 0 Å². The van der Waals surface area contributed by atoms with E-state index in [9.17, 15) is 9.59 Å². The standard InChI is InChI=1S/C15H13N5O3/c1-8-2-4-9(5-3-8)14(21)20-13-10(7-18-20)12(19-16)11(6-17-13)15(22)23/h2-7H,16H2,1H3,(H,17,19)(H,22,23). The van der Waals surface area contributed by atoms with Crippen LogP contribution in [0, 0.1) is 6.92 Å². The quantitative estimate of drug-likeness (QED) is 0.493. The summed E-state index contributed by atoms with van der Waals surface area (Å²) in [4.78, 5) is 27.8. The number of aromatic nitrogens is 3. The number of fused-ring (bicyclic) bond motifs is 1. The molecule has 0 bridgehead atoms. The number of pyridine rings is 1. The molecule has 0 aliphatic carbocycles. The van der Waals surface area contributed by atoms with Gasteiger partial charge in [0.2, 0.25) is 0 Å². The number of carboxylic acid groups (broad SMARTS) is 1. The Morgan fingerprint density at radius 2 is 1.91 bits per heavy atom. The normalized spacial score (nSPS) is 10.7. The Bertz CT molecular complexity index is 915. The van der Waals surface area contributed by atoms with Crippen molar-refractivity contribution in [2.24, 2.45) is 5.84 Å². The highest BCUT2D eigenvalue weighted by Crippen LogP contribution is 2.25. The van der Waals surface area contributed by atoms with Crippen LogP contribution >= 0.6 is 0 Å². The molecule has 0 saturated carbocycles. The number of nitrogens with zero attached hydrogens (tertiary/aromatic N) is 3. The molecule has 0 aliphatic rings. The average Bonchev–Trinajstić information content (AvgIpc) is 2.97. The van der Waals surface area contributed by atoms with Gasteiger partial charge in [-0.2, -0.15) is 9.78 Å². The number of nitrogens with two attached hydrogens (primary N) is 1. The molecule has 8 nitrogen and oxygen atoms in total. The lowest BCUT2D eigenvalue weighted by molar-refractivity contribution is 0.0697. The van der Waals surface area contributed by atoms with Crippen LogP contribution in [0.25, 0.3) is 11.0 Å². The maximum atomic E-state index is 12.5. The van der Waals surface area contributed by atoms with Crippen molar-refractivity contribution in [1.29, 1.82) is 0 Å². The first-order valence-corrected chi connectivity index (χ1v) is 6.71. The Hall–Kier alpha value is -3.26. The summed E-state index contributed by atoms with van der Waals surface area (Å²) in [6.07, 6.45) is 2.50. The zero-order valence-corrected chi connectivity index (χ0v) is 12.1. The predicted octanol–water partition coefficient (Wildman–Crippen LogP) is 1.41. The third kappa shape index (κ3) is 2.40. The second-order valence-electron chi connectivity index (χ2n) is 4.96. The molecular weight excluding hydrogens is 298 g/mol. The van der Waals surface area contributed by atoms with Gasteiger partial charge in [0.1, 0.15) is 5.56 Å². The van der Waals surface area contributed by atoms with E-state index in [0.717, 1.165) is 16.4 Å². The zero-order chi connectivity index (χ0) is 16.6. The Morgan fingerprint density at radius 1 is 1.22 bits per heavy atom. The molecule has 2 heterocycles. The van der Waals surface area contributed by atoms with Gasteiger partial charge in [-0.1, -0.05) is 17.7 Å². The van der Waals surface area contributed by atoms with Crippen LogP contribution in [0.2, 0.25) is 0 Å². The summed E-state index contributed by atoms with van der Waals surface area (Å²) < 4.78 is 1.12. The van der Waals surface area contributed by atoms with Crippen LogP contribution in [0.1, 0.15) is 26.3 Å². The number of hydrazine groups is 1. The number of nitrogens with one attached hydrogen (secondary N) is 1. The Balaban J connectivity index is 2.15. The molecule has 0 aliphatic heterocycles. The van der Waals surface area contributed by atoms with Crippen LogP contribution in [0.4, 0.5) is 5.69 Å². The first-order valence-electron chi connectivity index (χ1n) is 6.71. The molecule has 0 atom stereocenters. The van der Waals surface area contributed by atoms with Gasteiger partial charge in [0.25, 0.3) is 5.91 Å². The van der Waals surface area contributed by atoms with Crippen LogP contribution in [-0.2, 0) is 0 Å². The lowest BCUT2D eigenvalue weighted by Crippen LogP contribution is -2.16. The van der Waals surface area contributed by atoms with Crippen molar-refractivity contribution >= 4 is 28.6 Å². The van der Waals surface area contributed by atoms with E-state index in [-0.39, 0.29) is 22.8 Å². The van der Waals surface area contributed by atoms with Gasteiger partial charge in [-0.3, -0.25) is 10.6 Å². The second kappa shape index (κ2) is 5.50. The number of hydrogen-bond donors (Lipinski definition) is 3. The molecule has 0 saturated heterocycles. The molecule has 4 N–H and O–H groups in total. The summed E-state index contributed by atoms with van der Waals surface area (Å²) in [5.41, 5.74) is 4.11. The summed E-state index contributed by atoms with van der Waals surface area (Å²) >= 11 is 0. The predicted molar refractivity (Wildman–Crippen MR) is 83.2 cm³/mol. The minimum Gasteiger partial charge on any atom is -0.478 e. The van der Waals surface area contributed by atoms with E-state index >= 15 is 0 Å². The maximum Gasteiger partial charge on any atom is 0.339 e. The number of carboxylic acids is 1. The van der Waals surface area contributed by atoms with Crippen molar-refractivity contribution in [2.75, 3.05) is 5.43 Å². The molecule has 0 amide bonds. The summed E-state index contributed by atoms with van der Waals surface area (Å²) in [6.45, 7) is 1.92. The molecule has 1 aromatic carbocycles. The fourth-order valence-corrected chi connectivity index (χ4v) is 2.26. The molecule has 0 unspecified atom stereocenters. The van der Waals surface area contributed by atoms with Gasteiger partial charge < -0.3 is 10.5 Å². The van der Waals surface area contributed by atoms with Crippen molar-refractivity contribution in [3.05, 3.63) is 53.3 Å². The number of hydrogen-bond acceptors (Lipinski definition) is 6. The van der Waals surface area contributed by atoms with Crippen molar-refractivity contribution < 1.29 is 14.7 Å². The number of benzene rings is 1. The lowest BCUT2D eigenvalue weighted by Gasteiger charge is -2.07. The monoisotopic (exact) mass is 311 g/mol. The molecule has 2 aromatic heterocycles. The fourth-order valence-electron chi connectivity index (χ4n) is 2.26. The minimum atomic E-state index is -1.18. The van der Waals surface area contributed by atoms with E-state index < -0.39 is 5.97 Å². The van der Waals surface area contributed by atoms with Crippen LogP contribution in [0.15, 0.2) is 36.7 Å². The summed E-state index contributed by atoms with van der Waals surface area (Å²) in [5, 5.41) is 13.5. The van der Waals surface area contributed by atoms with Crippen molar-refractivity contribution in [1.82, 2.24) is 14.8 Å². The van der Waals surface area contributed by atoms with E-state index in [1.807, 2.05) is 19.1 Å². The molecule has 8 heteroatoms. The number of aromatic carboxylic acids is 1. The zero-order valence-electron chi connectivity index (χ0n) is 12.1. The van der Waals surface area contributed by atoms with E-state index in [1.165, 1.54) is 6.20 Å². The molecule has 0 fully saturated rings. The van der Waals surface area contributed by atoms with Gasteiger partial charge in [0, 0.05) is 11.8 Å². The highest BCUT2D eigenvalue weighted by Gasteiger charge is 2.20. The summed E-state index contributed by atoms with van der Waals surface area (Å²) in [5.74, 6) is 3.87. The fraction of sp³-hybridized carbons (Fsp3) is 0.0667. The maximum absolute atomic E-state index is 12.5. The van der Waals surface area contributed by atoms with Gasteiger partial charge in [0.15, 0.2) is 5.65 Å². The number of anilines is 1. The van der Waals surface area contributed by atoms with Gasteiger partial charge in [-0.05, 0) is 19.1 Å². The van der Waals surface area contributed by atoms with Gasteiger partial charge >= 0.3 is 5.97 Å². The van der Waals surface area contributed by atoms with E-state index in [4.69, 9.17) is 10.9 Å². The first-order chi connectivity index (χ1) is 11.0. The Morgan fingerprint density at radius 3 is 2.52 bits per heavy atom. The van der Waals surface area contributed by atoms with Gasteiger partial charge in [-0.25, -0.2) is 9.78 Å². The minimum absolute atomic E-state index is 0.0951. The SMILES string of the molecule is Cc1ccc(C(=O)n2ncc3c(NN)c(C(=O)O)cnc32)cc1. The Kier molecular flexibility index (Phi) is 3.51. The number of aryl methyl sites for hydroxylation is 1. The average molecular weight is 311 g/mol. The van der Waals surface area contributed by atoms with E-state index in [2.05, 4.69) is 15.5 Å². The first kappa shape index (κ1) is 14.7. The highest BCUT2D eigenvalue weighted by atomic mass is 16.4. The third-order valence-corrected chi connectivity index (χ3v) is 3.46. The van der Waals surface area contributed by atoms with Crippen molar-refractivity contribution in [2.45, 2.75) is 6.92 Å². The van der Waals surface area contributed by atoms with Gasteiger partial charge in [0.05, 0.1) is 17.3 Å². The molecule has 3 aromatic rings. The number of nitrogen functional groups attached to an aromatic ring is 1. The molecule has 23 heavy (non-hydrogen) atoms. The number of carbonyl (C=O) groups is 2. The summed E-state index contributed by atoms with van der Waals surface area (Å²) in [7, 11) is 0. The van der Waals surface area contributed by atoms with E-state index in [0.29, 0.717) is 10.9 Å². The molecule has 116 valence electrons. The largest absolute Gasteiger partial charge is 0.478 e. The summed E-state index contributed by atoms with van der Waals surface area (Å²) in [6, 6.07) is 7.03. The topological polar surface area (TPSA) is 123 Å². The van der Waals surface area contributed by atoms with E-state index in [1.54, 1.807) is 12.1 Å². The van der Waals surface area contributed by atoms with Crippen LogP contribution in [-0.4, -0.2) is 31.7 Å². The molecule has 0 radical (unpaired) electrons. The highest BCUT2D eigenvalue weighted by molar-refractivity contribution is 6.06. The second-order valence-corrected chi connectivity index (χ2v) is 4.96.